The van der Waals surface area contributed by atoms with Crippen LogP contribution in [0.15, 0.2) is 30.5 Å². The maximum Gasteiger partial charge on any atom is 0.275 e. The number of aromatic nitrogens is 5. The summed E-state index contributed by atoms with van der Waals surface area (Å²) in [7, 11) is 0. The smallest absolute Gasteiger partial charge is 0.275 e. The molecule has 0 spiro atoms. The zero-order chi connectivity index (χ0) is 23.2. The molecule has 0 saturated heterocycles. The van der Waals surface area contributed by atoms with E-state index in [2.05, 4.69) is 30.0 Å². The minimum Gasteiger partial charge on any atom is -0.338 e. The minimum absolute atomic E-state index is 0.108. The summed E-state index contributed by atoms with van der Waals surface area (Å²) in [6, 6.07) is 7.22. The fraction of sp³-hybridized carbons (Fsp3) is 0.417. The summed E-state index contributed by atoms with van der Waals surface area (Å²) in [6.07, 6.45) is 4.45. The SMILES string of the molecule is CC(C)(C)C(=O)N1CCc2cnc(C(=O)Nc3cccc(-c4nnc5n4CCC5)n3)cc2C1. The van der Waals surface area contributed by atoms with E-state index in [9.17, 15) is 9.59 Å². The van der Waals surface area contributed by atoms with Crippen LogP contribution in [0.4, 0.5) is 5.82 Å². The number of aryl methyl sites for hydroxylation is 1. The fourth-order valence-electron chi connectivity index (χ4n) is 4.36. The third kappa shape index (κ3) is 4.10. The lowest BCUT2D eigenvalue weighted by molar-refractivity contribution is -0.140. The largest absolute Gasteiger partial charge is 0.338 e. The molecule has 33 heavy (non-hydrogen) atoms. The Morgan fingerprint density at radius 1 is 1.06 bits per heavy atom. The minimum atomic E-state index is -0.439. The van der Waals surface area contributed by atoms with Crippen LogP contribution in [0, 0.1) is 5.41 Å². The van der Waals surface area contributed by atoms with E-state index in [1.807, 2.05) is 37.8 Å². The van der Waals surface area contributed by atoms with Gasteiger partial charge in [0.2, 0.25) is 5.91 Å². The van der Waals surface area contributed by atoms with Gasteiger partial charge >= 0.3 is 0 Å². The summed E-state index contributed by atoms with van der Waals surface area (Å²) < 4.78 is 2.07. The lowest BCUT2D eigenvalue weighted by Gasteiger charge is -2.33. The van der Waals surface area contributed by atoms with Crippen molar-refractivity contribution in [1.29, 1.82) is 0 Å². The van der Waals surface area contributed by atoms with Crippen LogP contribution in [0.3, 0.4) is 0 Å². The van der Waals surface area contributed by atoms with Crippen molar-refractivity contribution in [1.82, 2.24) is 29.6 Å². The second kappa shape index (κ2) is 8.06. The number of amides is 2. The van der Waals surface area contributed by atoms with Crippen molar-refractivity contribution in [3.05, 3.63) is 53.1 Å². The molecule has 5 heterocycles. The first-order valence-electron chi connectivity index (χ1n) is 11.3. The number of hydrogen-bond acceptors (Lipinski definition) is 6. The first-order chi connectivity index (χ1) is 15.8. The zero-order valence-corrected chi connectivity index (χ0v) is 19.1. The average Bonchev–Trinajstić information content (AvgIpc) is 3.41. The number of carbonyl (C=O) groups excluding carboxylic acids is 2. The van der Waals surface area contributed by atoms with Gasteiger partial charge in [0.05, 0.1) is 0 Å². The number of anilines is 1. The molecule has 1 N–H and O–H groups in total. The van der Waals surface area contributed by atoms with Crippen LogP contribution in [0.5, 0.6) is 0 Å². The van der Waals surface area contributed by atoms with E-state index >= 15 is 0 Å². The number of carbonyl (C=O) groups is 2. The Morgan fingerprint density at radius 2 is 1.91 bits per heavy atom. The molecular weight excluding hydrogens is 418 g/mol. The van der Waals surface area contributed by atoms with Gasteiger partial charge in [0.1, 0.15) is 23.0 Å². The van der Waals surface area contributed by atoms with Gasteiger partial charge in [-0.1, -0.05) is 26.8 Å². The van der Waals surface area contributed by atoms with Gasteiger partial charge in [-0.25, -0.2) is 4.98 Å². The van der Waals surface area contributed by atoms with Crippen LogP contribution in [-0.4, -0.2) is 48.0 Å². The Kier molecular flexibility index (Phi) is 5.19. The lowest BCUT2D eigenvalue weighted by atomic mass is 9.92. The third-order valence-electron chi connectivity index (χ3n) is 6.09. The summed E-state index contributed by atoms with van der Waals surface area (Å²) >= 11 is 0. The highest BCUT2D eigenvalue weighted by atomic mass is 16.2. The molecule has 0 fully saturated rings. The molecule has 3 aromatic rings. The van der Waals surface area contributed by atoms with E-state index in [0.717, 1.165) is 42.8 Å². The van der Waals surface area contributed by atoms with E-state index in [1.165, 1.54) is 0 Å². The van der Waals surface area contributed by atoms with Gasteiger partial charge in [0.25, 0.3) is 5.91 Å². The number of rotatable bonds is 3. The second-order valence-electron chi connectivity index (χ2n) is 9.62. The number of hydrogen-bond donors (Lipinski definition) is 1. The molecule has 2 aliphatic rings. The van der Waals surface area contributed by atoms with Crippen molar-refractivity contribution in [2.75, 3.05) is 11.9 Å². The average molecular weight is 446 g/mol. The zero-order valence-electron chi connectivity index (χ0n) is 19.1. The molecule has 0 atom stereocenters. The van der Waals surface area contributed by atoms with Crippen LogP contribution in [-0.2, 0) is 30.7 Å². The first kappa shape index (κ1) is 21.2. The van der Waals surface area contributed by atoms with Crippen LogP contribution < -0.4 is 5.32 Å². The number of nitrogens with one attached hydrogen (secondary N) is 1. The Bertz CT molecular complexity index is 1240. The van der Waals surface area contributed by atoms with E-state index < -0.39 is 5.41 Å². The predicted molar refractivity (Wildman–Crippen MR) is 122 cm³/mol. The van der Waals surface area contributed by atoms with Crippen LogP contribution in [0.25, 0.3) is 11.5 Å². The summed E-state index contributed by atoms with van der Waals surface area (Å²) in [6.45, 7) is 7.80. The molecule has 9 nitrogen and oxygen atoms in total. The van der Waals surface area contributed by atoms with Crippen LogP contribution in [0.1, 0.15) is 54.6 Å². The van der Waals surface area contributed by atoms with Gasteiger partial charge in [-0.15, -0.1) is 10.2 Å². The molecule has 2 amide bonds. The van der Waals surface area contributed by atoms with Gasteiger partial charge in [0.15, 0.2) is 5.82 Å². The highest BCUT2D eigenvalue weighted by molar-refractivity contribution is 6.02. The van der Waals surface area contributed by atoms with E-state index in [-0.39, 0.29) is 11.8 Å². The quantitative estimate of drug-likeness (QED) is 0.665. The predicted octanol–water partition coefficient (Wildman–Crippen LogP) is 2.86. The summed E-state index contributed by atoms with van der Waals surface area (Å²) in [5.41, 5.74) is 2.56. The molecule has 5 rings (SSSR count). The van der Waals surface area contributed by atoms with Gasteiger partial charge in [-0.3, -0.25) is 14.6 Å². The molecular formula is C24H27N7O2. The molecule has 0 saturated carbocycles. The Morgan fingerprint density at radius 3 is 2.73 bits per heavy atom. The van der Waals surface area contributed by atoms with Crippen LogP contribution in [0.2, 0.25) is 0 Å². The molecule has 0 aromatic carbocycles. The molecule has 3 aromatic heterocycles. The highest BCUT2D eigenvalue weighted by Crippen LogP contribution is 2.26. The second-order valence-corrected chi connectivity index (χ2v) is 9.62. The normalized spacial score (nSPS) is 15.2. The molecule has 0 aliphatic carbocycles. The number of nitrogens with zero attached hydrogens (tertiary/aromatic N) is 6. The molecule has 0 radical (unpaired) electrons. The molecule has 9 heteroatoms. The topological polar surface area (TPSA) is 106 Å². The fourth-order valence-corrected chi connectivity index (χ4v) is 4.36. The summed E-state index contributed by atoms with van der Waals surface area (Å²) in [4.78, 5) is 36.4. The molecule has 0 bridgehead atoms. The van der Waals surface area contributed by atoms with Crippen molar-refractivity contribution < 1.29 is 9.59 Å². The molecule has 0 unspecified atom stereocenters. The van der Waals surface area contributed by atoms with Crippen molar-refractivity contribution in [3.63, 3.8) is 0 Å². The van der Waals surface area contributed by atoms with E-state index in [1.54, 1.807) is 18.3 Å². The summed E-state index contributed by atoms with van der Waals surface area (Å²) in [5, 5.41) is 11.3. The lowest BCUT2D eigenvalue weighted by Crippen LogP contribution is -2.42. The third-order valence-corrected chi connectivity index (χ3v) is 6.09. The van der Waals surface area contributed by atoms with Gasteiger partial charge in [0, 0.05) is 37.7 Å². The number of pyridine rings is 2. The van der Waals surface area contributed by atoms with Crippen LogP contribution >= 0.6 is 0 Å². The van der Waals surface area contributed by atoms with Crippen molar-refractivity contribution in [2.24, 2.45) is 5.41 Å². The standard InChI is InChI=1S/C24H27N7O2/c1-24(2,3)23(33)30-11-9-15-13-25-18(12-16(15)14-30)22(32)27-19-7-4-6-17(26-19)21-29-28-20-8-5-10-31(20)21/h4,6-7,12-13H,5,8-11,14H2,1-3H3,(H,26,27,32). The number of fused-ring (bicyclic) bond motifs is 2. The Balaban J connectivity index is 1.34. The highest BCUT2D eigenvalue weighted by Gasteiger charge is 2.30. The van der Waals surface area contributed by atoms with Gasteiger partial charge in [-0.05, 0) is 42.2 Å². The van der Waals surface area contributed by atoms with Gasteiger partial charge < -0.3 is 14.8 Å². The Hall–Kier alpha value is -3.62. The monoisotopic (exact) mass is 445 g/mol. The first-order valence-corrected chi connectivity index (χ1v) is 11.3. The van der Waals surface area contributed by atoms with Crippen molar-refractivity contribution >= 4 is 17.6 Å². The maximum atomic E-state index is 12.9. The van der Waals surface area contributed by atoms with E-state index in [4.69, 9.17) is 0 Å². The summed E-state index contributed by atoms with van der Waals surface area (Å²) in [5.74, 6) is 1.88. The Labute approximate surface area is 192 Å². The van der Waals surface area contributed by atoms with Crippen molar-refractivity contribution in [3.8, 4) is 11.5 Å². The molecule has 2 aliphatic heterocycles. The molecule has 170 valence electrons. The van der Waals surface area contributed by atoms with Crippen molar-refractivity contribution in [2.45, 2.75) is 53.1 Å². The maximum absolute atomic E-state index is 12.9. The van der Waals surface area contributed by atoms with Gasteiger partial charge in [-0.2, -0.15) is 0 Å². The van der Waals surface area contributed by atoms with E-state index in [0.29, 0.717) is 36.1 Å².